The summed E-state index contributed by atoms with van der Waals surface area (Å²) in [6, 6.07) is 4.79. The van der Waals surface area contributed by atoms with Crippen LogP contribution in [0.1, 0.15) is 23.2 Å². The fraction of sp³-hybridized carbons (Fsp3) is 0.500. The molecule has 25 heavy (non-hydrogen) atoms. The van der Waals surface area contributed by atoms with Crippen LogP contribution in [0.5, 0.6) is 0 Å². The zero-order valence-electron chi connectivity index (χ0n) is 13.1. The number of hydrogen-bond donors (Lipinski definition) is 2. The average molecular weight is 402 g/mol. The number of sulfonamides is 1. The zero-order valence-corrected chi connectivity index (χ0v) is 14.8. The van der Waals surface area contributed by atoms with Gasteiger partial charge in [-0.3, -0.25) is 4.79 Å². The minimum atomic E-state index is -4.51. The van der Waals surface area contributed by atoms with Gasteiger partial charge in [0.1, 0.15) is 6.54 Å². The first-order valence-corrected chi connectivity index (χ1v) is 8.74. The molecule has 0 radical (unpaired) electrons. The molecule has 0 saturated carbocycles. The molecule has 1 amide bonds. The highest BCUT2D eigenvalue weighted by Gasteiger charge is 2.29. The van der Waals surface area contributed by atoms with E-state index >= 15 is 0 Å². The molecular formula is C14H19ClF3N3O3S. The van der Waals surface area contributed by atoms with Crippen molar-refractivity contribution >= 4 is 28.3 Å². The van der Waals surface area contributed by atoms with Gasteiger partial charge >= 0.3 is 6.18 Å². The number of alkyl halides is 3. The molecule has 6 nitrogen and oxygen atoms in total. The summed E-state index contributed by atoms with van der Waals surface area (Å²) in [6.45, 7) is -0.811. The molecular weight excluding hydrogens is 383 g/mol. The van der Waals surface area contributed by atoms with Gasteiger partial charge in [0.05, 0.1) is 4.90 Å². The summed E-state index contributed by atoms with van der Waals surface area (Å²) < 4.78 is 62.5. The topological polar surface area (TPSA) is 92.5 Å². The number of rotatable bonds is 4. The van der Waals surface area contributed by atoms with Crippen LogP contribution in [0.25, 0.3) is 0 Å². The van der Waals surface area contributed by atoms with Crippen molar-refractivity contribution in [2.45, 2.75) is 30.0 Å². The average Bonchev–Trinajstić information content (AvgIpc) is 2.52. The molecule has 1 heterocycles. The molecule has 1 saturated heterocycles. The number of carbonyl (C=O) groups excluding carboxylic acids is 1. The molecule has 11 heteroatoms. The molecule has 0 aromatic heterocycles. The normalized spacial score (nSPS) is 17.0. The number of nitrogens with two attached hydrogens (primary N) is 1. The Bertz CT molecular complexity index is 688. The fourth-order valence-corrected chi connectivity index (χ4v) is 3.80. The third-order valence-electron chi connectivity index (χ3n) is 3.70. The highest BCUT2D eigenvalue weighted by Crippen LogP contribution is 2.21. The Kier molecular flexibility index (Phi) is 7.24. The molecule has 0 spiro atoms. The minimum Gasteiger partial charge on any atom is -0.343 e. The lowest BCUT2D eigenvalue weighted by molar-refractivity contribution is -0.123. The molecule has 0 atom stereocenters. The number of amides is 1. The second kappa shape index (κ2) is 8.35. The molecule has 1 aromatic rings. The van der Waals surface area contributed by atoms with E-state index in [1.54, 1.807) is 5.32 Å². The van der Waals surface area contributed by atoms with Gasteiger partial charge in [0.25, 0.3) is 5.91 Å². The Morgan fingerprint density at radius 1 is 1.20 bits per heavy atom. The van der Waals surface area contributed by atoms with Gasteiger partial charge in [-0.2, -0.15) is 17.5 Å². The van der Waals surface area contributed by atoms with Crippen LogP contribution in [0.4, 0.5) is 13.2 Å². The summed E-state index contributed by atoms with van der Waals surface area (Å²) in [5, 5.41) is 1.73. The van der Waals surface area contributed by atoms with Crippen molar-refractivity contribution in [2.24, 2.45) is 5.73 Å². The molecule has 0 bridgehead atoms. The standard InChI is InChI=1S/C14H18F3N3O3S.ClH/c15-14(16,17)9-19-13(21)10-1-3-12(4-2-10)24(22,23)20-7-5-11(18)6-8-20;/h1-4,11H,5-9,18H2,(H,19,21);1H. The lowest BCUT2D eigenvalue weighted by Gasteiger charge is -2.29. The van der Waals surface area contributed by atoms with E-state index in [0.29, 0.717) is 25.9 Å². The van der Waals surface area contributed by atoms with Crippen molar-refractivity contribution < 1.29 is 26.4 Å². The minimum absolute atomic E-state index is 0. The van der Waals surface area contributed by atoms with E-state index < -0.39 is 28.7 Å². The van der Waals surface area contributed by atoms with Gasteiger partial charge in [0.15, 0.2) is 0 Å². The third kappa shape index (κ3) is 5.84. The van der Waals surface area contributed by atoms with Crippen LogP contribution in [0.15, 0.2) is 29.2 Å². The fourth-order valence-electron chi connectivity index (χ4n) is 2.33. The summed E-state index contributed by atoms with van der Waals surface area (Å²) in [5.74, 6) is -0.916. The van der Waals surface area contributed by atoms with E-state index in [1.165, 1.54) is 28.6 Å². The first-order valence-electron chi connectivity index (χ1n) is 7.30. The molecule has 3 N–H and O–H groups in total. The maximum absolute atomic E-state index is 12.5. The Morgan fingerprint density at radius 2 is 1.72 bits per heavy atom. The number of halogens is 4. The zero-order chi connectivity index (χ0) is 18.0. The maximum Gasteiger partial charge on any atom is 0.405 e. The molecule has 2 rings (SSSR count). The van der Waals surface area contributed by atoms with E-state index in [-0.39, 0.29) is 28.9 Å². The summed E-state index contributed by atoms with van der Waals surface area (Å²) in [5.41, 5.74) is 5.70. The van der Waals surface area contributed by atoms with Crippen LogP contribution in [0.3, 0.4) is 0 Å². The van der Waals surface area contributed by atoms with Crippen LogP contribution in [0.2, 0.25) is 0 Å². The Morgan fingerprint density at radius 3 is 2.20 bits per heavy atom. The lowest BCUT2D eigenvalue weighted by atomic mass is 10.1. The number of nitrogens with one attached hydrogen (secondary N) is 1. The SMILES string of the molecule is Cl.NC1CCN(S(=O)(=O)c2ccc(C(=O)NCC(F)(F)F)cc2)CC1. The third-order valence-corrected chi connectivity index (χ3v) is 5.62. The largest absolute Gasteiger partial charge is 0.405 e. The van der Waals surface area contributed by atoms with Gasteiger partial charge in [0.2, 0.25) is 10.0 Å². The Hall–Kier alpha value is -1.36. The second-order valence-electron chi connectivity index (χ2n) is 5.56. The highest BCUT2D eigenvalue weighted by atomic mass is 35.5. The summed E-state index contributed by atoms with van der Waals surface area (Å²) in [6.07, 6.45) is -3.37. The van der Waals surface area contributed by atoms with Crippen molar-refractivity contribution in [3.63, 3.8) is 0 Å². The molecule has 1 aliphatic rings. The molecule has 0 aliphatic carbocycles. The van der Waals surface area contributed by atoms with Crippen LogP contribution < -0.4 is 11.1 Å². The van der Waals surface area contributed by atoms with Gasteiger partial charge in [0, 0.05) is 24.7 Å². The predicted octanol–water partition coefficient (Wildman–Crippen LogP) is 1.51. The van der Waals surface area contributed by atoms with Gasteiger partial charge in [-0.15, -0.1) is 12.4 Å². The van der Waals surface area contributed by atoms with Gasteiger partial charge < -0.3 is 11.1 Å². The van der Waals surface area contributed by atoms with Crippen LogP contribution in [-0.4, -0.2) is 50.5 Å². The first-order chi connectivity index (χ1) is 11.1. The number of carbonyl (C=O) groups is 1. The summed E-state index contributed by atoms with van der Waals surface area (Å²) >= 11 is 0. The van der Waals surface area contributed by atoms with Crippen LogP contribution in [0, 0.1) is 0 Å². The van der Waals surface area contributed by atoms with Crippen LogP contribution >= 0.6 is 12.4 Å². The molecule has 1 aliphatic heterocycles. The summed E-state index contributed by atoms with van der Waals surface area (Å²) in [4.78, 5) is 11.6. The van der Waals surface area contributed by atoms with Crippen molar-refractivity contribution in [1.82, 2.24) is 9.62 Å². The number of hydrogen-bond acceptors (Lipinski definition) is 4. The van der Waals surface area contributed by atoms with E-state index in [4.69, 9.17) is 5.73 Å². The van der Waals surface area contributed by atoms with E-state index in [1.807, 2.05) is 0 Å². The van der Waals surface area contributed by atoms with Crippen molar-refractivity contribution in [2.75, 3.05) is 19.6 Å². The second-order valence-corrected chi connectivity index (χ2v) is 7.50. The lowest BCUT2D eigenvalue weighted by Crippen LogP contribution is -2.42. The molecule has 0 unspecified atom stereocenters. The molecule has 1 fully saturated rings. The van der Waals surface area contributed by atoms with Gasteiger partial charge in [-0.05, 0) is 37.1 Å². The molecule has 1 aromatic carbocycles. The number of piperidine rings is 1. The van der Waals surface area contributed by atoms with Crippen molar-refractivity contribution in [3.8, 4) is 0 Å². The number of benzene rings is 1. The summed E-state index contributed by atoms with van der Waals surface area (Å²) in [7, 11) is -3.70. The monoisotopic (exact) mass is 401 g/mol. The van der Waals surface area contributed by atoms with Crippen molar-refractivity contribution in [1.29, 1.82) is 0 Å². The van der Waals surface area contributed by atoms with Gasteiger partial charge in [-0.1, -0.05) is 0 Å². The van der Waals surface area contributed by atoms with Gasteiger partial charge in [-0.25, -0.2) is 8.42 Å². The van der Waals surface area contributed by atoms with E-state index in [0.717, 1.165) is 0 Å². The van der Waals surface area contributed by atoms with Crippen molar-refractivity contribution in [3.05, 3.63) is 29.8 Å². The Balaban J connectivity index is 0.00000312. The maximum atomic E-state index is 12.5. The smallest absolute Gasteiger partial charge is 0.343 e. The Labute approximate surface area is 150 Å². The van der Waals surface area contributed by atoms with E-state index in [9.17, 15) is 26.4 Å². The van der Waals surface area contributed by atoms with E-state index in [2.05, 4.69) is 0 Å². The molecule has 142 valence electrons. The highest BCUT2D eigenvalue weighted by molar-refractivity contribution is 7.89. The quantitative estimate of drug-likeness (QED) is 0.800. The van der Waals surface area contributed by atoms with Crippen LogP contribution in [-0.2, 0) is 10.0 Å². The predicted molar refractivity (Wildman–Crippen MR) is 88.0 cm³/mol. The number of nitrogens with zero attached hydrogens (tertiary/aromatic N) is 1. The first kappa shape index (κ1) is 21.7.